The first kappa shape index (κ1) is 44.2. The van der Waals surface area contributed by atoms with Crippen LogP contribution in [0.25, 0.3) is 0 Å². The van der Waals surface area contributed by atoms with Crippen molar-refractivity contribution in [3.05, 3.63) is 121 Å². The van der Waals surface area contributed by atoms with Crippen molar-refractivity contribution in [1.29, 1.82) is 0 Å². The maximum absolute atomic E-state index is 14.4. The summed E-state index contributed by atoms with van der Waals surface area (Å²) in [4.78, 5) is 14.4. The molecular weight excluding hydrogens is 785 g/mol. The van der Waals surface area contributed by atoms with Crippen molar-refractivity contribution in [2.75, 3.05) is 79.3 Å². The van der Waals surface area contributed by atoms with E-state index in [1.54, 1.807) is 48.5 Å². The fourth-order valence-corrected chi connectivity index (χ4v) is 10.5. The molecule has 5 rings (SSSR count). The Kier molecular flexibility index (Phi) is 23.4. The van der Waals surface area contributed by atoms with Crippen molar-refractivity contribution in [3.8, 4) is 0 Å². The van der Waals surface area contributed by atoms with Crippen molar-refractivity contribution >= 4 is 35.8 Å². The minimum Gasteiger partial charge on any atom is -0.809 e. The van der Waals surface area contributed by atoms with Crippen LogP contribution in [0.1, 0.15) is 0 Å². The summed E-state index contributed by atoms with van der Waals surface area (Å²) in [7, 11) is -7.03. The van der Waals surface area contributed by atoms with Gasteiger partial charge in [-0.2, -0.15) is 0 Å². The maximum atomic E-state index is 14.4. The molecule has 0 spiro atoms. The first-order valence-electron chi connectivity index (χ1n) is 15.8. The second-order valence-electron chi connectivity index (χ2n) is 10.3. The van der Waals surface area contributed by atoms with Crippen molar-refractivity contribution in [2.24, 2.45) is 4.52 Å². The van der Waals surface area contributed by atoms with E-state index in [2.05, 4.69) is 0 Å². The van der Waals surface area contributed by atoms with Gasteiger partial charge in [0.15, 0.2) is 0 Å². The molecule has 10 nitrogen and oxygen atoms in total. The van der Waals surface area contributed by atoms with Crippen LogP contribution in [0.4, 0.5) is 0 Å². The van der Waals surface area contributed by atoms with Crippen LogP contribution in [-0.4, -0.2) is 84.8 Å². The summed E-state index contributed by atoms with van der Waals surface area (Å²) < 4.78 is 51.1. The second-order valence-corrected chi connectivity index (χ2v) is 15.3. The molecule has 0 aromatic heterocycles. The predicted octanol–water partition coefficient (Wildman–Crippen LogP) is 0.322. The van der Waals surface area contributed by atoms with E-state index in [1.165, 1.54) is 0 Å². The van der Waals surface area contributed by atoms with E-state index in [0.717, 1.165) is 0 Å². The average molecular weight is 832 g/mol. The molecule has 4 aromatic rings. The van der Waals surface area contributed by atoms with Gasteiger partial charge >= 0.3 is 68.9 Å². The maximum Gasteiger partial charge on any atom is 1.00 e. The minimum atomic E-state index is -3.51. The molecule has 1 saturated heterocycles. The SMILES string of the molecule is C1COCCOCCOCCOCCOCCO1.O.O=P(N=P([O-])(c1ccccc1)c1ccccc1)(c1ccccc1)c1ccccc1.[Cs+]. The topological polar surface area (TPSA) is 139 Å². The Morgan fingerprint density at radius 2 is 0.612 bits per heavy atom. The third-order valence-electron chi connectivity index (χ3n) is 6.91. The van der Waals surface area contributed by atoms with Crippen molar-refractivity contribution in [1.82, 2.24) is 0 Å². The molecular formula is C36H46CsNO9P2. The van der Waals surface area contributed by atoms with Crippen LogP contribution >= 0.6 is 14.6 Å². The zero-order valence-electron chi connectivity index (χ0n) is 28.1. The number of nitrogens with zero attached hydrogens (tertiary/aromatic N) is 1. The molecule has 0 amide bonds. The number of hydrogen-bond donors (Lipinski definition) is 0. The zero-order chi connectivity index (χ0) is 32.9. The van der Waals surface area contributed by atoms with Crippen LogP contribution in [-0.2, 0) is 33.0 Å². The first-order valence-corrected chi connectivity index (χ1v) is 19.1. The Morgan fingerprint density at radius 1 is 0.408 bits per heavy atom. The molecule has 0 atom stereocenters. The molecule has 0 aliphatic carbocycles. The van der Waals surface area contributed by atoms with Gasteiger partial charge in [0.1, 0.15) is 0 Å². The Bertz CT molecular complexity index is 1340. The molecule has 0 saturated carbocycles. The third-order valence-corrected chi connectivity index (χ3v) is 12.9. The van der Waals surface area contributed by atoms with Gasteiger partial charge in [-0.1, -0.05) is 97.1 Å². The van der Waals surface area contributed by atoms with Crippen molar-refractivity contribution in [2.45, 2.75) is 0 Å². The van der Waals surface area contributed by atoms with Gasteiger partial charge < -0.3 is 38.8 Å². The molecule has 1 heterocycles. The summed E-state index contributed by atoms with van der Waals surface area (Å²) in [6.45, 7) is 7.04. The van der Waals surface area contributed by atoms with Gasteiger partial charge in [-0.3, -0.25) is 4.57 Å². The van der Waals surface area contributed by atoms with Crippen LogP contribution in [0.3, 0.4) is 0 Å². The number of ether oxygens (including phenoxy) is 6. The van der Waals surface area contributed by atoms with Gasteiger partial charge in [0, 0.05) is 10.6 Å². The summed E-state index contributed by atoms with van der Waals surface area (Å²) in [5.74, 6) is 0. The summed E-state index contributed by atoms with van der Waals surface area (Å²) in [5.41, 5.74) is 0. The van der Waals surface area contributed by atoms with E-state index in [9.17, 15) is 9.46 Å². The number of hydrogen-bond acceptors (Lipinski definition) is 8. The monoisotopic (exact) mass is 831 g/mol. The van der Waals surface area contributed by atoms with Crippen LogP contribution in [0.15, 0.2) is 126 Å². The molecule has 1 aliphatic heterocycles. The van der Waals surface area contributed by atoms with E-state index in [4.69, 9.17) is 32.9 Å². The van der Waals surface area contributed by atoms with E-state index < -0.39 is 14.6 Å². The normalized spacial score (nSPS) is 15.8. The number of rotatable bonds is 5. The molecule has 2 N–H and O–H groups in total. The molecule has 4 aromatic carbocycles. The molecule has 1 fully saturated rings. The van der Waals surface area contributed by atoms with Gasteiger partial charge in [0.25, 0.3) is 0 Å². The smallest absolute Gasteiger partial charge is 0.809 e. The van der Waals surface area contributed by atoms with E-state index >= 15 is 0 Å². The van der Waals surface area contributed by atoms with Crippen molar-refractivity contribution in [3.63, 3.8) is 0 Å². The second kappa shape index (κ2) is 25.9. The van der Waals surface area contributed by atoms with Gasteiger partial charge in [0.05, 0.1) is 79.3 Å². The van der Waals surface area contributed by atoms with Gasteiger partial charge in [-0.25, -0.2) is 4.52 Å². The quantitative estimate of drug-likeness (QED) is 0.263. The van der Waals surface area contributed by atoms with Crippen LogP contribution < -0.4 is 95.0 Å². The Hall–Kier alpha value is -0.928. The molecule has 0 bridgehead atoms. The van der Waals surface area contributed by atoms with Crippen molar-refractivity contribution < 1.29 is 112 Å². The standard InChI is InChI=1S/C24H20NO2P2.C12H24O6.Cs.H2O/c26-28(21-13-5-1-6-14-21,22-15-7-2-8-16-22)25-29(27,23-17-9-3-10-18-23)24-19-11-4-12-20-24;1-2-14-5-6-16-9-10-18-12-11-17-8-7-15-4-3-13-1;;/h1-20H;1-12H2;;1H2/q-1;;+1;. The molecule has 0 unspecified atom stereocenters. The fraction of sp³-hybridized carbons (Fsp3) is 0.333. The summed E-state index contributed by atoms with van der Waals surface area (Å²) >= 11 is 0. The predicted molar refractivity (Wildman–Crippen MR) is 190 cm³/mol. The fourth-order valence-electron chi connectivity index (χ4n) is 4.52. The average Bonchev–Trinajstić information content (AvgIpc) is 3.13. The minimum absolute atomic E-state index is 0. The largest absolute Gasteiger partial charge is 1.00 e. The third kappa shape index (κ3) is 15.3. The van der Waals surface area contributed by atoms with E-state index in [0.29, 0.717) is 101 Å². The Balaban J connectivity index is 0.000000363. The molecule has 260 valence electrons. The molecule has 0 radical (unpaired) electrons. The Morgan fingerprint density at radius 3 is 0.837 bits per heavy atom. The summed E-state index contributed by atoms with van der Waals surface area (Å²) in [6, 6.07) is 36.4. The molecule has 13 heteroatoms. The van der Waals surface area contributed by atoms with Gasteiger partial charge in [0.2, 0.25) is 7.29 Å². The Labute approximate surface area is 349 Å². The van der Waals surface area contributed by atoms with Crippen LogP contribution in [0.2, 0.25) is 0 Å². The van der Waals surface area contributed by atoms with Gasteiger partial charge in [-0.05, 0) is 42.2 Å². The summed E-state index contributed by atoms with van der Waals surface area (Å²) in [6.07, 6.45) is 0. The first-order chi connectivity index (χ1) is 23.1. The summed E-state index contributed by atoms with van der Waals surface area (Å²) in [5, 5.41) is 2.27. The molecule has 1 aliphatic rings. The van der Waals surface area contributed by atoms with E-state index in [1.807, 2.05) is 72.8 Å². The zero-order valence-corrected chi connectivity index (χ0v) is 36.2. The van der Waals surface area contributed by atoms with Crippen LogP contribution in [0, 0.1) is 0 Å². The number of benzene rings is 4. The molecule has 49 heavy (non-hydrogen) atoms. The van der Waals surface area contributed by atoms with Crippen LogP contribution in [0.5, 0.6) is 0 Å². The van der Waals surface area contributed by atoms with E-state index in [-0.39, 0.29) is 74.4 Å². The van der Waals surface area contributed by atoms with Gasteiger partial charge in [-0.15, -0.1) is 0 Å².